The first kappa shape index (κ1) is 38.4. The highest BCUT2D eigenvalue weighted by Crippen LogP contribution is 2.33. The minimum atomic E-state index is -4.63. The van der Waals surface area contributed by atoms with Gasteiger partial charge in [0.05, 0.1) is 19.8 Å². The summed E-state index contributed by atoms with van der Waals surface area (Å²) in [6.07, 6.45) is -1.52. The predicted molar refractivity (Wildman–Crippen MR) is 171 cm³/mol. The molecule has 1 atom stereocenters. The van der Waals surface area contributed by atoms with Crippen molar-refractivity contribution >= 4 is 43.1 Å². The Morgan fingerprint density at radius 3 is 2.42 bits per heavy atom. The van der Waals surface area contributed by atoms with Gasteiger partial charge in [-0.1, -0.05) is 12.1 Å². The normalized spacial score (nSPS) is 16.8. The van der Waals surface area contributed by atoms with Gasteiger partial charge < -0.3 is 14.4 Å². The Morgan fingerprint density at radius 1 is 0.956 bits per heavy atom. The molecule has 3 aromatic rings. The van der Waals surface area contributed by atoms with Gasteiger partial charge in [-0.2, -0.15) is 13.2 Å². The molecule has 248 valence electrons. The minimum absolute atomic E-state index is 0. The zero-order valence-corrected chi connectivity index (χ0v) is 27.3. The molecule has 7 nitrogen and oxygen atoms in total. The SMILES string of the molecule is COc1cc(C(=O)N2CCN(CCN3CCc4ncccc4C3)C[C@H]2Cc2ccc(F)c(OC)c2)cc(C(F)(F)F)c1.Cl.Cl.Cl. The van der Waals surface area contributed by atoms with Crippen molar-refractivity contribution in [3.8, 4) is 11.5 Å². The maximum Gasteiger partial charge on any atom is 0.416 e. The van der Waals surface area contributed by atoms with E-state index in [2.05, 4.69) is 20.9 Å². The van der Waals surface area contributed by atoms with E-state index >= 15 is 0 Å². The summed E-state index contributed by atoms with van der Waals surface area (Å²) in [5.74, 6) is -0.933. The lowest BCUT2D eigenvalue weighted by molar-refractivity contribution is -0.137. The third-order valence-electron chi connectivity index (χ3n) is 8.01. The van der Waals surface area contributed by atoms with Crippen LogP contribution in [0.4, 0.5) is 17.6 Å². The number of amides is 1. The highest BCUT2D eigenvalue weighted by molar-refractivity contribution is 5.95. The van der Waals surface area contributed by atoms with Gasteiger partial charge in [-0.05, 0) is 53.9 Å². The van der Waals surface area contributed by atoms with E-state index in [9.17, 15) is 22.4 Å². The van der Waals surface area contributed by atoms with E-state index in [1.54, 1.807) is 17.0 Å². The van der Waals surface area contributed by atoms with Crippen molar-refractivity contribution in [3.63, 3.8) is 0 Å². The molecule has 1 aromatic heterocycles. The van der Waals surface area contributed by atoms with Gasteiger partial charge in [-0.25, -0.2) is 4.39 Å². The van der Waals surface area contributed by atoms with Crippen molar-refractivity contribution in [2.24, 2.45) is 0 Å². The number of halogens is 7. The lowest BCUT2D eigenvalue weighted by Crippen LogP contribution is -2.57. The van der Waals surface area contributed by atoms with E-state index in [1.165, 1.54) is 31.9 Å². The number of fused-ring (bicyclic) bond motifs is 1. The van der Waals surface area contributed by atoms with Crippen molar-refractivity contribution in [2.45, 2.75) is 31.6 Å². The fraction of sp³-hybridized carbons (Fsp3) is 0.419. The van der Waals surface area contributed by atoms with Crippen molar-refractivity contribution < 1.29 is 31.8 Å². The van der Waals surface area contributed by atoms with Gasteiger partial charge in [0.2, 0.25) is 0 Å². The summed E-state index contributed by atoms with van der Waals surface area (Å²) in [6.45, 7) is 4.80. The number of pyridine rings is 1. The average molecular weight is 696 g/mol. The standard InChI is InChI=1S/C31H34F4N4O3.3ClH/c1-41-26-17-23(16-24(18-26)31(33,34)35)30(40)39-13-12-38(11-10-37-9-7-28-22(19-37)4-3-8-36-28)20-25(39)14-21-5-6-27(32)29(15-21)42-2;;;/h3-6,8,15-18,25H,7,9-14,19-20H2,1-2H3;3*1H/t25-;;;/m1.../s1. The molecule has 14 heteroatoms. The van der Waals surface area contributed by atoms with Gasteiger partial charge in [0, 0.05) is 75.7 Å². The first-order chi connectivity index (χ1) is 20.1. The molecule has 2 aromatic carbocycles. The second kappa shape index (κ2) is 16.6. The van der Waals surface area contributed by atoms with Crippen molar-refractivity contribution in [2.75, 3.05) is 53.5 Å². The second-order valence-electron chi connectivity index (χ2n) is 10.7. The number of benzene rings is 2. The monoisotopic (exact) mass is 694 g/mol. The molecule has 1 amide bonds. The van der Waals surface area contributed by atoms with E-state index in [0.717, 1.165) is 56.0 Å². The molecule has 0 aliphatic carbocycles. The van der Waals surface area contributed by atoms with Gasteiger partial charge in [0.25, 0.3) is 5.91 Å². The highest BCUT2D eigenvalue weighted by Gasteiger charge is 2.35. The molecule has 2 aliphatic rings. The molecule has 0 radical (unpaired) electrons. The van der Waals surface area contributed by atoms with Crippen LogP contribution in [0.15, 0.2) is 54.7 Å². The van der Waals surface area contributed by atoms with Crippen LogP contribution in [-0.4, -0.2) is 85.1 Å². The Hall–Kier alpha value is -2.83. The summed E-state index contributed by atoms with van der Waals surface area (Å²) in [7, 11) is 2.65. The van der Waals surface area contributed by atoms with E-state index in [0.29, 0.717) is 26.1 Å². The lowest BCUT2D eigenvalue weighted by atomic mass is 9.99. The first-order valence-corrected chi connectivity index (χ1v) is 13.9. The number of hydrogen-bond donors (Lipinski definition) is 0. The maximum atomic E-state index is 14.1. The molecule has 2 aliphatic heterocycles. The molecule has 0 unspecified atom stereocenters. The van der Waals surface area contributed by atoms with Crippen molar-refractivity contribution in [1.82, 2.24) is 19.7 Å². The summed E-state index contributed by atoms with van der Waals surface area (Å²) in [6, 6.07) is 11.4. The largest absolute Gasteiger partial charge is 0.497 e. The number of rotatable bonds is 8. The average Bonchev–Trinajstić information content (AvgIpc) is 3.00. The van der Waals surface area contributed by atoms with Gasteiger partial charge >= 0.3 is 6.18 Å². The Labute approximate surface area is 279 Å². The number of carbonyl (C=O) groups is 1. The molecule has 0 N–H and O–H groups in total. The third-order valence-corrected chi connectivity index (χ3v) is 8.01. The van der Waals surface area contributed by atoms with E-state index < -0.39 is 23.5 Å². The summed E-state index contributed by atoms with van der Waals surface area (Å²) in [4.78, 5) is 24.5. The van der Waals surface area contributed by atoms with Crippen LogP contribution >= 0.6 is 37.2 Å². The molecule has 0 spiro atoms. The number of nitrogens with zero attached hydrogens (tertiary/aromatic N) is 4. The number of alkyl halides is 3. The molecule has 0 saturated carbocycles. The van der Waals surface area contributed by atoms with E-state index in [-0.39, 0.29) is 60.3 Å². The van der Waals surface area contributed by atoms with E-state index in [1.807, 2.05) is 12.3 Å². The van der Waals surface area contributed by atoms with Crippen molar-refractivity contribution in [3.05, 3.63) is 88.5 Å². The smallest absolute Gasteiger partial charge is 0.416 e. The zero-order valence-electron chi connectivity index (χ0n) is 24.9. The number of hydrogen-bond acceptors (Lipinski definition) is 6. The number of ether oxygens (including phenoxy) is 2. The minimum Gasteiger partial charge on any atom is -0.497 e. The predicted octanol–water partition coefficient (Wildman–Crippen LogP) is 5.95. The van der Waals surface area contributed by atoms with Crippen LogP contribution in [0.2, 0.25) is 0 Å². The Morgan fingerprint density at radius 2 is 1.71 bits per heavy atom. The van der Waals surface area contributed by atoms with Crippen LogP contribution in [-0.2, 0) is 25.6 Å². The molecule has 5 rings (SSSR count). The van der Waals surface area contributed by atoms with Crippen LogP contribution in [0.5, 0.6) is 11.5 Å². The number of carbonyl (C=O) groups excluding carboxylic acids is 1. The summed E-state index contributed by atoms with van der Waals surface area (Å²) < 4.78 is 65.1. The number of methoxy groups -OCH3 is 2. The second-order valence-corrected chi connectivity index (χ2v) is 10.7. The van der Waals surface area contributed by atoms with Gasteiger partial charge in [-0.3, -0.25) is 19.6 Å². The van der Waals surface area contributed by atoms with Crippen molar-refractivity contribution in [1.29, 1.82) is 0 Å². The Kier molecular flexibility index (Phi) is 14.2. The highest BCUT2D eigenvalue weighted by atomic mass is 35.5. The molecule has 45 heavy (non-hydrogen) atoms. The molecule has 1 saturated heterocycles. The van der Waals surface area contributed by atoms with Crippen LogP contribution < -0.4 is 9.47 Å². The molecule has 1 fully saturated rings. The zero-order chi connectivity index (χ0) is 29.9. The van der Waals surface area contributed by atoms with Crippen LogP contribution in [0.25, 0.3) is 0 Å². The summed E-state index contributed by atoms with van der Waals surface area (Å²) >= 11 is 0. The van der Waals surface area contributed by atoms with E-state index in [4.69, 9.17) is 9.47 Å². The topological polar surface area (TPSA) is 58.1 Å². The summed E-state index contributed by atoms with van der Waals surface area (Å²) in [5, 5.41) is 0. The fourth-order valence-corrected chi connectivity index (χ4v) is 5.74. The molecular weight excluding hydrogens is 659 g/mol. The molecule has 3 heterocycles. The quantitative estimate of drug-likeness (QED) is 0.272. The van der Waals surface area contributed by atoms with Gasteiger partial charge in [0.15, 0.2) is 11.6 Å². The Balaban J connectivity index is 0.00000235. The molecule has 0 bridgehead atoms. The summed E-state index contributed by atoms with van der Waals surface area (Å²) in [5.41, 5.74) is 2.11. The lowest BCUT2D eigenvalue weighted by Gasteiger charge is -2.42. The number of piperazine rings is 1. The van der Waals surface area contributed by atoms with Crippen LogP contribution in [0, 0.1) is 5.82 Å². The van der Waals surface area contributed by atoms with Crippen LogP contribution in [0.3, 0.4) is 0 Å². The first-order valence-electron chi connectivity index (χ1n) is 13.9. The third kappa shape index (κ3) is 9.36. The fourth-order valence-electron chi connectivity index (χ4n) is 5.74. The maximum absolute atomic E-state index is 14.1. The van der Waals surface area contributed by atoms with Crippen LogP contribution in [0.1, 0.15) is 32.7 Å². The van der Waals surface area contributed by atoms with Gasteiger partial charge in [0.1, 0.15) is 5.75 Å². The van der Waals surface area contributed by atoms with Gasteiger partial charge in [-0.15, -0.1) is 37.2 Å². The molecular formula is C31H37Cl3F4N4O3. The Bertz CT molecular complexity index is 1430. The number of aromatic nitrogens is 1.